The van der Waals surface area contributed by atoms with E-state index in [2.05, 4.69) is 22.3 Å². The molecule has 0 bridgehead atoms. The first-order valence-electron chi connectivity index (χ1n) is 11.7. The van der Waals surface area contributed by atoms with Crippen molar-refractivity contribution < 1.29 is 14.4 Å². The van der Waals surface area contributed by atoms with Crippen molar-refractivity contribution in [3.63, 3.8) is 0 Å². The van der Waals surface area contributed by atoms with Gasteiger partial charge < -0.3 is 16.0 Å². The maximum absolute atomic E-state index is 13.3. The molecule has 0 unspecified atom stereocenters. The highest BCUT2D eigenvalue weighted by Gasteiger charge is 2.56. The van der Waals surface area contributed by atoms with Gasteiger partial charge >= 0.3 is 0 Å². The second-order valence-electron chi connectivity index (χ2n) is 9.53. The van der Waals surface area contributed by atoms with E-state index < -0.39 is 11.9 Å². The lowest BCUT2D eigenvalue weighted by molar-refractivity contribution is -0.140. The Kier molecular flexibility index (Phi) is 5.35. The molecule has 1 saturated heterocycles. The third-order valence-corrected chi connectivity index (χ3v) is 7.47. The second kappa shape index (κ2) is 8.18. The molecule has 3 heterocycles. The summed E-state index contributed by atoms with van der Waals surface area (Å²) < 4.78 is 1.47. The van der Waals surface area contributed by atoms with Crippen LogP contribution in [-0.4, -0.2) is 55.5 Å². The third kappa shape index (κ3) is 3.73. The molecule has 0 radical (unpaired) electrons. The summed E-state index contributed by atoms with van der Waals surface area (Å²) in [5.74, 6) is 0.240. The van der Waals surface area contributed by atoms with E-state index in [-0.39, 0.29) is 36.1 Å². The van der Waals surface area contributed by atoms with E-state index in [0.29, 0.717) is 22.7 Å². The summed E-state index contributed by atoms with van der Waals surface area (Å²) in [6.07, 6.45) is 10.4. The van der Waals surface area contributed by atoms with Crippen LogP contribution >= 0.6 is 0 Å². The number of nitrogens with two attached hydrogens (primary N) is 1. The SMILES string of the molecule is CC[C@H]1CCC[C@@H](NC(=O)[C@@H]2C[C@H]3C[C@H]3N2C(=O)Cn2nc(C(N)=O)c3ccncc32)C1. The van der Waals surface area contributed by atoms with Gasteiger partial charge in [0.1, 0.15) is 12.6 Å². The summed E-state index contributed by atoms with van der Waals surface area (Å²) in [6.45, 7) is 2.15. The van der Waals surface area contributed by atoms with E-state index in [4.69, 9.17) is 5.73 Å². The molecule has 2 aromatic rings. The molecule has 5 rings (SSSR count). The summed E-state index contributed by atoms with van der Waals surface area (Å²) in [5.41, 5.74) is 6.16. The molecule has 170 valence electrons. The van der Waals surface area contributed by atoms with Crippen molar-refractivity contribution in [3.05, 3.63) is 24.2 Å². The monoisotopic (exact) mass is 438 g/mol. The summed E-state index contributed by atoms with van der Waals surface area (Å²) in [7, 11) is 0. The van der Waals surface area contributed by atoms with Gasteiger partial charge in [0.15, 0.2) is 5.69 Å². The van der Waals surface area contributed by atoms with Gasteiger partial charge in [-0.05, 0) is 43.6 Å². The molecule has 32 heavy (non-hydrogen) atoms. The maximum Gasteiger partial charge on any atom is 0.269 e. The standard InChI is InChI=1S/C23H30N6O3/c1-2-13-4-3-5-15(8-13)26-23(32)18-10-14-9-17(14)29(18)20(30)12-28-19-11-25-7-6-16(19)21(27-28)22(24)31/h6-7,11,13-15,17-18H,2-5,8-10,12H2,1H3,(H2,24,31)(H,26,32)/t13-,14+,15+,17+,18-/m0/s1. The number of amides is 3. The van der Waals surface area contributed by atoms with Crippen molar-refractivity contribution in [2.75, 3.05) is 0 Å². The Bertz CT molecular complexity index is 1070. The molecule has 3 amide bonds. The first-order chi connectivity index (χ1) is 15.5. The Balaban J connectivity index is 1.32. The van der Waals surface area contributed by atoms with E-state index in [9.17, 15) is 14.4 Å². The Morgan fingerprint density at radius 2 is 2.06 bits per heavy atom. The van der Waals surface area contributed by atoms with Crippen LogP contribution in [-0.2, 0) is 16.1 Å². The summed E-state index contributed by atoms with van der Waals surface area (Å²) in [6, 6.07) is 1.57. The van der Waals surface area contributed by atoms with Crippen LogP contribution in [0.4, 0.5) is 0 Å². The second-order valence-corrected chi connectivity index (χ2v) is 9.53. The van der Waals surface area contributed by atoms with Crippen molar-refractivity contribution in [1.82, 2.24) is 25.0 Å². The Labute approximate surface area is 186 Å². The van der Waals surface area contributed by atoms with Gasteiger partial charge in [-0.15, -0.1) is 0 Å². The van der Waals surface area contributed by atoms with Gasteiger partial charge in [-0.25, -0.2) is 0 Å². The largest absolute Gasteiger partial charge is 0.364 e. The number of primary amides is 1. The number of nitrogens with one attached hydrogen (secondary N) is 1. The molecule has 3 N–H and O–H groups in total. The number of pyridine rings is 1. The number of piperidine rings is 1. The molecule has 3 fully saturated rings. The lowest BCUT2D eigenvalue weighted by Crippen LogP contribution is -2.51. The van der Waals surface area contributed by atoms with Gasteiger partial charge in [0, 0.05) is 23.7 Å². The van der Waals surface area contributed by atoms with E-state index in [1.165, 1.54) is 11.1 Å². The minimum atomic E-state index is -0.647. The van der Waals surface area contributed by atoms with Crippen LogP contribution in [0.1, 0.15) is 62.4 Å². The van der Waals surface area contributed by atoms with Crippen LogP contribution in [0, 0.1) is 11.8 Å². The predicted molar refractivity (Wildman–Crippen MR) is 117 cm³/mol. The average molecular weight is 439 g/mol. The lowest BCUT2D eigenvalue weighted by atomic mass is 9.84. The molecule has 0 aromatic carbocycles. The van der Waals surface area contributed by atoms with Crippen molar-refractivity contribution >= 4 is 28.6 Å². The molecule has 0 spiro atoms. The van der Waals surface area contributed by atoms with E-state index in [0.717, 1.165) is 38.5 Å². The third-order valence-electron chi connectivity index (χ3n) is 7.47. The predicted octanol–water partition coefficient (Wildman–Crippen LogP) is 1.60. The van der Waals surface area contributed by atoms with E-state index in [1.807, 2.05) is 0 Å². The van der Waals surface area contributed by atoms with E-state index in [1.54, 1.807) is 23.4 Å². The summed E-state index contributed by atoms with van der Waals surface area (Å²) in [5, 5.41) is 8.08. The number of hydrogen-bond donors (Lipinski definition) is 2. The number of carbonyl (C=O) groups excluding carboxylic acids is 3. The van der Waals surface area contributed by atoms with Gasteiger partial charge in [0.25, 0.3) is 5.91 Å². The molecule has 9 heteroatoms. The normalized spacial score (nSPS) is 29.0. The van der Waals surface area contributed by atoms with E-state index >= 15 is 0 Å². The number of carbonyl (C=O) groups is 3. The molecule has 3 aliphatic rings. The fraction of sp³-hybridized carbons (Fsp3) is 0.609. The quantitative estimate of drug-likeness (QED) is 0.709. The first kappa shape index (κ1) is 20.9. The Morgan fingerprint density at radius 1 is 1.22 bits per heavy atom. The molecule has 2 saturated carbocycles. The number of hydrogen-bond acceptors (Lipinski definition) is 5. The lowest BCUT2D eigenvalue weighted by Gasteiger charge is -2.32. The van der Waals surface area contributed by atoms with Crippen LogP contribution in [0.15, 0.2) is 18.5 Å². The van der Waals surface area contributed by atoms with Gasteiger partial charge in [0.05, 0.1) is 11.7 Å². The highest BCUT2D eigenvalue weighted by molar-refractivity contribution is 6.04. The van der Waals surface area contributed by atoms with Gasteiger partial charge in [-0.2, -0.15) is 5.10 Å². The maximum atomic E-state index is 13.3. The van der Waals surface area contributed by atoms with Crippen LogP contribution in [0.2, 0.25) is 0 Å². The highest BCUT2D eigenvalue weighted by Crippen LogP contribution is 2.48. The van der Waals surface area contributed by atoms with Gasteiger partial charge in [-0.1, -0.05) is 26.2 Å². The summed E-state index contributed by atoms with van der Waals surface area (Å²) >= 11 is 0. The zero-order valence-corrected chi connectivity index (χ0v) is 18.4. The number of rotatable bonds is 6. The molecule has 2 aliphatic carbocycles. The molecule has 9 nitrogen and oxygen atoms in total. The molecular weight excluding hydrogens is 408 g/mol. The topological polar surface area (TPSA) is 123 Å². The van der Waals surface area contributed by atoms with Crippen molar-refractivity contribution in [2.24, 2.45) is 17.6 Å². The average Bonchev–Trinajstić information content (AvgIpc) is 3.29. The van der Waals surface area contributed by atoms with Crippen LogP contribution in [0.25, 0.3) is 10.9 Å². The summed E-state index contributed by atoms with van der Waals surface area (Å²) in [4.78, 5) is 44.1. The van der Waals surface area contributed by atoms with Crippen molar-refractivity contribution in [3.8, 4) is 0 Å². The zero-order valence-electron chi connectivity index (χ0n) is 18.4. The molecular formula is C23H30N6O3. The molecule has 5 atom stereocenters. The fourth-order valence-electron chi connectivity index (χ4n) is 5.67. The van der Waals surface area contributed by atoms with Crippen LogP contribution < -0.4 is 11.1 Å². The fourth-order valence-corrected chi connectivity index (χ4v) is 5.67. The number of fused-ring (bicyclic) bond motifs is 2. The zero-order chi connectivity index (χ0) is 22.4. The van der Waals surface area contributed by atoms with Crippen LogP contribution in [0.3, 0.4) is 0 Å². The molecule has 1 aliphatic heterocycles. The number of aromatic nitrogens is 3. The van der Waals surface area contributed by atoms with Crippen molar-refractivity contribution in [1.29, 1.82) is 0 Å². The minimum absolute atomic E-state index is 0.0304. The Hall–Kier alpha value is -2.97. The minimum Gasteiger partial charge on any atom is -0.364 e. The van der Waals surface area contributed by atoms with Crippen LogP contribution in [0.5, 0.6) is 0 Å². The Morgan fingerprint density at radius 3 is 2.84 bits per heavy atom. The van der Waals surface area contributed by atoms with Gasteiger partial charge in [-0.3, -0.25) is 24.0 Å². The first-order valence-corrected chi connectivity index (χ1v) is 11.7. The van der Waals surface area contributed by atoms with Gasteiger partial charge in [0.2, 0.25) is 11.8 Å². The number of likely N-dealkylation sites (tertiary alicyclic amines) is 1. The highest BCUT2D eigenvalue weighted by atomic mass is 16.2. The van der Waals surface area contributed by atoms with Crippen molar-refractivity contribution in [2.45, 2.75) is 76.5 Å². The molecule has 2 aromatic heterocycles. The number of nitrogens with zero attached hydrogens (tertiary/aromatic N) is 4. The smallest absolute Gasteiger partial charge is 0.269 e.